The molecular weight excluding hydrogens is 132 g/mol. The summed E-state index contributed by atoms with van der Waals surface area (Å²) in [7, 11) is 0. The van der Waals surface area contributed by atoms with Crippen LogP contribution in [0.3, 0.4) is 0 Å². The van der Waals surface area contributed by atoms with Crippen LogP contribution in [0.2, 0.25) is 0 Å². The van der Waals surface area contributed by atoms with Crippen LogP contribution in [0.25, 0.3) is 0 Å². The van der Waals surface area contributed by atoms with Gasteiger partial charge in [-0.25, -0.2) is 5.32 Å². The Kier molecular flexibility index (Phi) is 1.61. The van der Waals surface area contributed by atoms with E-state index in [1.165, 1.54) is 0 Å². The van der Waals surface area contributed by atoms with Gasteiger partial charge < -0.3 is 5.32 Å². The van der Waals surface area contributed by atoms with E-state index in [-0.39, 0.29) is 11.8 Å². The third-order valence-corrected chi connectivity index (χ3v) is 1.43. The SMILES string of the molecule is CC1[N]C(=O)C(C)NC1=O. The Morgan fingerprint density at radius 3 is 2.50 bits per heavy atom. The van der Waals surface area contributed by atoms with Crippen LogP contribution in [0, 0.1) is 0 Å². The second-order valence-electron chi connectivity index (χ2n) is 2.37. The minimum absolute atomic E-state index is 0.174. The summed E-state index contributed by atoms with van der Waals surface area (Å²) in [6.45, 7) is 3.22. The molecule has 0 aromatic heterocycles. The second kappa shape index (κ2) is 2.28. The molecule has 2 atom stereocenters. The van der Waals surface area contributed by atoms with Crippen molar-refractivity contribution in [2.24, 2.45) is 0 Å². The summed E-state index contributed by atoms with van der Waals surface area (Å²) in [4.78, 5) is 21.6. The Bertz CT molecular complexity index is 159. The lowest BCUT2D eigenvalue weighted by atomic mass is 10.2. The van der Waals surface area contributed by atoms with Gasteiger partial charge in [0.1, 0.15) is 12.1 Å². The van der Waals surface area contributed by atoms with Gasteiger partial charge in [-0.3, -0.25) is 9.59 Å². The van der Waals surface area contributed by atoms with Gasteiger partial charge >= 0.3 is 0 Å². The van der Waals surface area contributed by atoms with E-state index >= 15 is 0 Å². The van der Waals surface area contributed by atoms with Gasteiger partial charge in [0.05, 0.1) is 0 Å². The van der Waals surface area contributed by atoms with Crippen molar-refractivity contribution in [3.63, 3.8) is 0 Å². The number of amides is 2. The predicted octanol–water partition coefficient (Wildman–Crippen LogP) is -0.976. The zero-order valence-corrected chi connectivity index (χ0v) is 5.92. The fourth-order valence-corrected chi connectivity index (χ4v) is 0.757. The number of hydrogen-bond acceptors (Lipinski definition) is 2. The summed E-state index contributed by atoms with van der Waals surface area (Å²) >= 11 is 0. The van der Waals surface area contributed by atoms with Crippen LogP contribution in [0.15, 0.2) is 0 Å². The molecule has 4 heteroatoms. The smallest absolute Gasteiger partial charge is 0.264 e. The molecule has 0 bridgehead atoms. The summed E-state index contributed by atoms with van der Waals surface area (Å²) < 4.78 is 0. The highest BCUT2D eigenvalue weighted by molar-refractivity contribution is 5.96. The molecule has 1 heterocycles. The van der Waals surface area contributed by atoms with Gasteiger partial charge in [0, 0.05) is 0 Å². The van der Waals surface area contributed by atoms with Gasteiger partial charge in [-0.05, 0) is 13.8 Å². The molecular formula is C6H9N2O2. The van der Waals surface area contributed by atoms with Crippen molar-refractivity contribution in [2.45, 2.75) is 25.9 Å². The van der Waals surface area contributed by atoms with Crippen LogP contribution in [0.4, 0.5) is 0 Å². The van der Waals surface area contributed by atoms with Crippen molar-refractivity contribution >= 4 is 11.8 Å². The van der Waals surface area contributed by atoms with E-state index in [0.717, 1.165) is 0 Å². The average Bonchev–Trinajstić information content (AvgIpc) is 1.84. The maximum absolute atomic E-state index is 10.8. The van der Waals surface area contributed by atoms with Gasteiger partial charge in [0.25, 0.3) is 5.91 Å². The molecule has 2 unspecified atom stereocenters. The van der Waals surface area contributed by atoms with E-state index in [0.29, 0.717) is 0 Å². The molecule has 1 radical (unpaired) electrons. The van der Waals surface area contributed by atoms with E-state index in [9.17, 15) is 9.59 Å². The number of carbonyl (C=O) groups is 2. The van der Waals surface area contributed by atoms with Crippen molar-refractivity contribution in [1.82, 2.24) is 10.6 Å². The molecule has 1 rings (SSSR count). The van der Waals surface area contributed by atoms with Crippen molar-refractivity contribution in [3.05, 3.63) is 0 Å². The van der Waals surface area contributed by atoms with Crippen molar-refractivity contribution < 1.29 is 9.59 Å². The Balaban J connectivity index is 2.63. The normalized spacial score (nSPS) is 33.0. The van der Waals surface area contributed by atoms with Crippen LogP contribution in [0.5, 0.6) is 0 Å². The summed E-state index contributed by atoms with van der Waals surface area (Å²) in [5.41, 5.74) is 0. The number of hydrogen-bond donors (Lipinski definition) is 1. The van der Waals surface area contributed by atoms with Crippen molar-refractivity contribution in [3.8, 4) is 0 Å². The summed E-state index contributed by atoms with van der Waals surface area (Å²) in [5, 5.41) is 6.09. The molecule has 1 N–H and O–H groups in total. The Labute approximate surface area is 59.0 Å². The second-order valence-corrected chi connectivity index (χ2v) is 2.37. The Hall–Kier alpha value is -1.06. The molecule has 0 aliphatic carbocycles. The average molecular weight is 141 g/mol. The molecule has 0 spiro atoms. The molecule has 10 heavy (non-hydrogen) atoms. The van der Waals surface area contributed by atoms with E-state index in [4.69, 9.17) is 0 Å². The van der Waals surface area contributed by atoms with Crippen LogP contribution in [0.1, 0.15) is 13.8 Å². The molecule has 0 saturated carbocycles. The highest BCUT2D eigenvalue weighted by Gasteiger charge is 2.29. The van der Waals surface area contributed by atoms with Crippen molar-refractivity contribution in [2.75, 3.05) is 0 Å². The zero-order chi connectivity index (χ0) is 7.72. The quantitative estimate of drug-likeness (QED) is 0.471. The predicted molar refractivity (Wildman–Crippen MR) is 34.2 cm³/mol. The fraction of sp³-hybridized carbons (Fsp3) is 0.667. The molecule has 1 aliphatic heterocycles. The standard InChI is InChI=1S/C6H9N2O2/c1-3-5(9)8-4(2)6(10)7-3/h3-4H,1-2H3,(H,7,10). The lowest BCUT2D eigenvalue weighted by Crippen LogP contribution is -2.56. The lowest BCUT2D eigenvalue weighted by Gasteiger charge is -2.22. The maximum atomic E-state index is 10.8. The molecule has 1 fully saturated rings. The van der Waals surface area contributed by atoms with Crippen molar-refractivity contribution in [1.29, 1.82) is 0 Å². The molecule has 1 aliphatic rings. The van der Waals surface area contributed by atoms with Crippen LogP contribution in [-0.4, -0.2) is 23.9 Å². The Morgan fingerprint density at radius 1 is 1.40 bits per heavy atom. The Morgan fingerprint density at radius 2 is 2.00 bits per heavy atom. The molecule has 55 valence electrons. The van der Waals surface area contributed by atoms with Gasteiger partial charge in [0.2, 0.25) is 5.91 Å². The fourth-order valence-electron chi connectivity index (χ4n) is 0.757. The topological polar surface area (TPSA) is 60.3 Å². The number of piperazine rings is 1. The molecule has 0 aromatic rings. The molecule has 1 saturated heterocycles. The van der Waals surface area contributed by atoms with E-state index < -0.39 is 12.1 Å². The van der Waals surface area contributed by atoms with Gasteiger partial charge in [0.15, 0.2) is 0 Å². The van der Waals surface area contributed by atoms with E-state index in [1.807, 2.05) is 0 Å². The first-order chi connectivity index (χ1) is 4.61. The highest BCUT2D eigenvalue weighted by atomic mass is 16.2. The zero-order valence-electron chi connectivity index (χ0n) is 5.92. The lowest BCUT2D eigenvalue weighted by molar-refractivity contribution is -0.136. The first-order valence-electron chi connectivity index (χ1n) is 3.16. The van der Waals surface area contributed by atoms with E-state index in [1.54, 1.807) is 13.8 Å². The summed E-state index contributed by atoms with van der Waals surface area (Å²) in [6.07, 6.45) is 0. The maximum Gasteiger partial charge on any atom is 0.264 e. The third-order valence-electron chi connectivity index (χ3n) is 1.43. The largest absolute Gasteiger partial charge is 0.343 e. The number of rotatable bonds is 0. The number of carbonyl (C=O) groups excluding carboxylic acids is 2. The molecule has 4 nitrogen and oxygen atoms in total. The molecule has 0 aromatic carbocycles. The van der Waals surface area contributed by atoms with E-state index in [2.05, 4.69) is 10.6 Å². The molecule has 2 amide bonds. The van der Waals surface area contributed by atoms with Gasteiger partial charge in [-0.15, -0.1) is 0 Å². The van der Waals surface area contributed by atoms with Gasteiger partial charge in [-0.1, -0.05) is 0 Å². The summed E-state index contributed by atoms with van der Waals surface area (Å²) in [5.74, 6) is -0.417. The highest BCUT2D eigenvalue weighted by Crippen LogP contribution is 1.96. The minimum atomic E-state index is -0.510. The first kappa shape index (κ1) is 7.05. The third kappa shape index (κ3) is 1.10. The van der Waals surface area contributed by atoms with Crippen LogP contribution >= 0.6 is 0 Å². The minimum Gasteiger partial charge on any atom is -0.343 e. The first-order valence-corrected chi connectivity index (χ1v) is 3.16. The monoisotopic (exact) mass is 141 g/mol. The van der Waals surface area contributed by atoms with Crippen LogP contribution < -0.4 is 10.6 Å². The van der Waals surface area contributed by atoms with Gasteiger partial charge in [-0.2, -0.15) is 0 Å². The summed E-state index contributed by atoms with van der Waals surface area (Å²) in [6, 6.07) is -0.951. The number of nitrogens with one attached hydrogen (secondary N) is 1. The number of nitrogens with zero attached hydrogens (tertiary/aromatic N) is 1. The van der Waals surface area contributed by atoms with Crippen LogP contribution in [-0.2, 0) is 9.59 Å².